The Kier molecular flexibility index (Phi) is 3.61. The molecule has 0 saturated heterocycles. The fourth-order valence-corrected chi connectivity index (χ4v) is 4.27. The van der Waals surface area contributed by atoms with Gasteiger partial charge in [-0.3, -0.25) is 9.59 Å². The van der Waals surface area contributed by atoms with E-state index in [1.54, 1.807) is 29.1 Å². The zero-order valence-corrected chi connectivity index (χ0v) is 15.9. The maximum absolute atomic E-state index is 13.1. The molecule has 2 N–H and O–H groups in total. The summed E-state index contributed by atoms with van der Waals surface area (Å²) in [5.41, 5.74) is 3.22. The highest BCUT2D eigenvalue weighted by Gasteiger charge is 2.54. The number of nitrogens with zero attached hydrogens (tertiary/aromatic N) is 2. The van der Waals surface area contributed by atoms with Crippen LogP contribution in [0, 0.1) is 6.92 Å². The van der Waals surface area contributed by atoms with Crippen molar-refractivity contribution in [2.45, 2.75) is 25.3 Å². The zero-order chi connectivity index (χ0) is 19.5. The van der Waals surface area contributed by atoms with E-state index in [-0.39, 0.29) is 18.2 Å². The van der Waals surface area contributed by atoms with E-state index in [4.69, 9.17) is 11.6 Å². The Morgan fingerprint density at radius 1 is 1.11 bits per heavy atom. The minimum atomic E-state index is -1.11. The van der Waals surface area contributed by atoms with Crippen molar-refractivity contribution < 1.29 is 9.59 Å². The van der Waals surface area contributed by atoms with Gasteiger partial charge in [0.05, 0.1) is 12.7 Å². The Bertz CT molecular complexity index is 1140. The minimum Gasteiger partial charge on any atom is -0.325 e. The third-order valence-corrected chi connectivity index (χ3v) is 5.75. The highest BCUT2D eigenvalue weighted by atomic mass is 35.5. The summed E-state index contributed by atoms with van der Waals surface area (Å²) in [5, 5.41) is 10.8. The first kappa shape index (κ1) is 17.0. The molecule has 1 spiro atoms. The number of carbonyl (C=O) groups is 2. The number of carbonyl (C=O) groups excluding carboxylic acids is 2. The van der Waals surface area contributed by atoms with Gasteiger partial charge in [0.15, 0.2) is 0 Å². The van der Waals surface area contributed by atoms with Gasteiger partial charge in [-0.05, 0) is 36.2 Å². The van der Waals surface area contributed by atoms with Crippen molar-refractivity contribution in [3.63, 3.8) is 0 Å². The number of nitrogens with one attached hydrogen (secondary N) is 2. The van der Waals surface area contributed by atoms with Crippen molar-refractivity contribution in [2.24, 2.45) is 0 Å². The molecule has 0 saturated carbocycles. The Morgan fingerprint density at radius 2 is 1.89 bits per heavy atom. The average molecular weight is 393 g/mol. The highest BCUT2D eigenvalue weighted by molar-refractivity contribution is 6.31. The number of amides is 2. The van der Waals surface area contributed by atoms with Gasteiger partial charge in [0.2, 0.25) is 11.8 Å². The number of aryl methyl sites for hydroxylation is 1. The summed E-state index contributed by atoms with van der Waals surface area (Å²) in [4.78, 5) is 25.7. The van der Waals surface area contributed by atoms with Gasteiger partial charge in [-0.25, -0.2) is 4.68 Å². The van der Waals surface area contributed by atoms with Crippen molar-refractivity contribution in [1.29, 1.82) is 0 Å². The summed E-state index contributed by atoms with van der Waals surface area (Å²) in [7, 11) is 0. The number of aromatic nitrogens is 2. The first-order chi connectivity index (χ1) is 13.5. The first-order valence-corrected chi connectivity index (χ1v) is 9.38. The third kappa shape index (κ3) is 2.38. The molecule has 28 heavy (non-hydrogen) atoms. The molecule has 2 amide bonds. The summed E-state index contributed by atoms with van der Waals surface area (Å²) in [6.07, 6.45) is 1.70. The maximum atomic E-state index is 13.1. The van der Waals surface area contributed by atoms with Gasteiger partial charge in [-0.2, -0.15) is 5.10 Å². The topological polar surface area (TPSA) is 76.0 Å². The van der Waals surface area contributed by atoms with Crippen LogP contribution in [0.3, 0.4) is 0 Å². The van der Waals surface area contributed by atoms with Gasteiger partial charge in [0, 0.05) is 22.7 Å². The lowest BCUT2D eigenvalue weighted by atomic mass is 9.72. The second-order valence-electron chi connectivity index (χ2n) is 7.32. The summed E-state index contributed by atoms with van der Waals surface area (Å²) in [6, 6.07) is 13.4. The van der Waals surface area contributed by atoms with Crippen molar-refractivity contribution in [2.75, 3.05) is 10.6 Å². The molecule has 0 fully saturated rings. The van der Waals surface area contributed by atoms with Crippen LogP contribution in [0.2, 0.25) is 5.02 Å². The molecule has 0 bridgehead atoms. The Labute approximate surface area is 166 Å². The molecule has 7 heteroatoms. The largest absolute Gasteiger partial charge is 0.325 e. The molecule has 1 aromatic heterocycles. The lowest BCUT2D eigenvalue weighted by Crippen LogP contribution is -2.43. The molecule has 2 aromatic carbocycles. The predicted molar refractivity (Wildman–Crippen MR) is 107 cm³/mol. The smallest absolute Gasteiger partial charge is 0.240 e. The van der Waals surface area contributed by atoms with E-state index in [9.17, 15) is 9.59 Å². The molecule has 0 radical (unpaired) electrons. The van der Waals surface area contributed by atoms with Crippen molar-refractivity contribution in [1.82, 2.24) is 9.78 Å². The molecule has 3 aromatic rings. The van der Waals surface area contributed by atoms with E-state index in [0.717, 1.165) is 11.1 Å². The van der Waals surface area contributed by atoms with E-state index < -0.39 is 5.41 Å². The number of rotatable bonds is 2. The summed E-state index contributed by atoms with van der Waals surface area (Å²) in [6.45, 7) is 2.53. The molecule has 0 aliphatic carbocycles. The van der Waals surface area contributed by atoms with Crippen LogP contribution in [-0.2, 0) is 21.5 Å². The fraction of sp³-hybridized carbons (Fsp3) is 0.190. The van der Waals surface area contributed by atoms with Crippen LogP contribution in [0.1, 0.15) is 28.7 Å². The molecular formula is C21H17ClN4O2. The SMILES string of the molecule is Cc1ccc(Cn2ncc3c2NC(=O)CC32C(=O)Nc3ccc(Cl)cc32)cc1. The van der Waals surface area contributed by atoms with Crippen LogP contribution in [0.4, 0.5) is 11.5 Å². The number of hydrogen-bond donors (Lipinski definition) is 2. The standard InChI is InChI=1S/C21H17ClN4O2/c1-12-2-4-13(5-3-12)11-26-19-16(10-23-26)21(9-18(27)25-19)15-8-14(22)6-7-17(15)24-20(21)28/h2-8,10H,9,11H2,1H3,(H,24,28)(H,25,27). The van der Waals surface area contributed by atoms with E-state index >= 15 is 0 Å². The van der Waals surface area contributed by atoms with E-state index in [1.165, 1.54) is 5.56 Å². The van der Waals surface area contributed by atoms with E-state index in [2.05, 4.69) is 15.7 Å². The number of halogens is 1. The molecule has 1 atom stereocenters. The maximum Gasteiger partial charge on any atom is 0.240 e. The molecule has 3 heterocycles. The molecule has 1 unspecified atom stereocenters. The van der Waals surface area contributed by atoms with Gasteiger partial charge in [-0.15, -0.1) is 0 Å². The number of benzene rings is 2. The Balaban J connectivity index is 1.65. The normalized spacial score (nSPS) is 19.9. The van der Waals surface area contributed by atoms with E-state index in [0.29, 0.717) is 28.6 Å². The number of anilines is 2. The summed E-state index contributed by atoms with van der Waals surface area (Å²) >= 11 is 6.20. The van der Waals surface area contributed by atoms with Crippen molar-refractivity contribution >= 4 is 34.9 Å². The van der Waals surface area contributed by atoms with Crippen LogP contribution in [-0.4, -0.2) is 21.6 Å². The minimum absolute atomic E-state index is 0.0232. The average Bonchev–Trinajstić information content (AvgIpc) is 3.18. The van der Waals surface area contributed by atoms with Crippen LogP contribution < -0.4 is 10.6 Å². The fourth-order valence-electron chi connectivity index (χ4n) is 4.10. The van der Waals surface area contributed by atoms with Crippen molar-refractivity contribution in [3.05, 3.63) is 75.9 Å². The molecule has 140 valence electrons. The lowest BCUT2D eigenvalue weighted by molar-refractivity contribution is -0.125. The van der Waals surface area contributed by atoms with Gasteiger partial charge in [-0.1, -0.05) is 41.4 Å². The van der Waals surface area contributed by atoms with Gasteiger partial charge < -0.3 is 10.6 Å². The molecule has 2 aliphatic rings. The van der Waals surface area contributed by atoms with Gasteiger partial charge in [0.25, 0.3) is 0 Å². The predicted octanol–water partition coefficient (Wildman–Crippen LogP) is 3.47. The third-order valence-electron chi connectivity index (χ3n) is 5.51. The molecule has 6 nitrogen and oxygen atoms in total. The zero-order valence-electron chi connectivity index (χ0n) is 15.1. The van der Waals surface area contributed by atoms with Gasteiger partial charge in [0.1, 0.15) is 11.2 Å². The van der Waals surface area contributed by atoms with Crippen molar-refractivity contribution in [3.8, 4) is 0 Å². The molecule has 2 aliphatic heterocycles. The Hall–Kier alpha value is -3.12. The van der Waals surface area contributed by atoms with Crippen LogP contribution in [0.15, 0.2) is 48.7 Å². The second kappa shape index (κ2) is 5.94. The van der Waals surface area contributed by atoms with Crippen LogP contribution in [0.25, 0.3) is 0 Å². The van der Waals surface area contributed by atoms with Gasteiger partial charge >= 0.3 is 0 Å². The molecule has 5 rings (SSSR count). The summed E-state index contributed by atoms with van der Waals surface area (Å²) < 4.78 is 1.73. The summed E-state index contributed by atoms with van der Waals surface area (Å²) in [5.74, 6) is 0.108. The monoisotopic (exact) mass is 392 g/mol. The van der Waals surface area contributed by atoms with E-state index in [1.807, 2.05) is 31.2 Å². The van der Waals surface area contributed by atoms with Crippen LogP contribution in [0.5, 0.6) is 0 Å². The quantitative estimate of drug-likeness (QED) is 0.701. The highest BCUT2D eigenvalue weighted by Crippen LogP contribution is 2.50. The Morgan fingerprint density at radius 3 is 2.68 bits per heavy atom. The second-order valence-corrected chi connectivity index (χ2v) is 7.76. The van der Waals surface area contributed by atoms with Crippen LogP contribution >= 0.6 is 11.6 Å². The first-order valence-electron chi connectivity index (χ1n) is 9.00. The lowest BCUT2D eigenvalue weighted by Gasteiger charge is -2.31. The number of fused-ring (bicyclic) bond motifs is 4. The number of hydrogen-bond acceptors (Lipinski definition) is 3. The molecular weight excluding hydrogens is 376 g/mol.